The van der Waals surface area contributed by atoms with E-state index in [0.717, 1.165) is 3.79 Å². The van der Waals surface area contributed by atoms with E-state index in [-0.39, 0.29) is 5.78 Å². The topological polar surface area (TPSA) is 43.1 Å². The Morgan fingerprint density at radius 3 is 2.73 bits per heavy atom. The van der Waals surface area contributed by atoms with E-state index in [0.29, 0.717) is 4.88 Å². The molecule has 0 fully saturated rings. The number of ketones is 1. The Balaban J connectivity index is 2.85. The molecule has 0 bridgehead atoms. The number of carbonyl (C=O) groups is 1. The van der Waals surface area contributed by atoms with E-state index in [1.54, 1.807) is 13.0 Å². The van der Waals surface area contributed by atoms with Gasteiger partial charge in [0, 0.05) is 0 Å². The van der Waals surface area contributed by atoms with Crippen LogP contribution in [0.4, 0.5) is 0 Å². The number of rotatable bonds is 2. The van der Waals surface area contributed by atoms with Gasteiger partial charge in [0.05, 0.1) is 14.7 Å². The predicted octanol–water partition coefficient (Wildman–Crippen LogP) is 2.04. The molecule has 2 nitrogen and oxygen atoms in total. The first-order chi connectivity index (χ1) is 5.11. The molecule has 0 radical (unpaired) electrons. The molecule has 60 valence electrons. The molecule has 0 aliphatic rings. The highest BCUT2D eigenvalue weighted by Crippen LogP contribution is 2.22. The molecule has 0 spiro atoms. The van der Waals surface area contributed by atoms with E-state index in [2.05, 4.69) is 15.9 Å². The lowest BCUT2D eigenvalue weighted by atomic mass is 10.2. The number of thiophene rings is 1. The Kier molecular flexibility index (Phi) is 2.81. The van der Waals surface area contributed by atoms with Gasteiger partial charge in [-0.3, -0.25) is 4.79 Å². The van der Waals surface area contributed by atoms with E-state index >= 15 is 0 Å². The van der Waals surface area contributed by atoms with Crippen molar-refractivity contribution in [1.82, 2.24) is 0 Å². The maximum atomic E-state index is 11.2. The first-order valence-corrected chi connectivity index (χ1v) is 4.77. The number of Topliss-reactive ketones (excluding diaryl/α,β-unsaturated/α-hetero) is 1. The fourth-order valence-corrected chi connectivity index (χ4v) is 2.10. The molecule has 0 saturated heterocycles. The van der Waals surface area contributed by atoms with Crippen LogP contribution in [0.1, 0.15) is 16.6 Å². The van der Waals surface area contributed by atoms with Crippen molar-refractivity contribution in [3.05, 3.63) is 20.8 Å². The fourth-order valence-electron chi connectivity index (χ4n) is 0.671. The maximum absolute atomic E-state index is 11.2. The second-order valence-electron chi connectivity index (χ2n) is 2.26. The van der Waals surface area contributed by atoms with Crippen LogP contribution in [0.15, 0.2) is 15.9 Å². The van der Waals surface area contributed by atoms with Crippen LogP contribution in [-0.2, 0) is 0 Å². The number of hydrogen-bond donors (Lipinski definition) is 1. The normalized spacial score (nSPS) is 13.0. The van der Waals surface area contributed by atoms with Crippen molar-refractivity contribution in [2.75, 3.05) is 0 Å². The minimum absolute atomic E-state index is 0.000648. The van der Waals surface area contributed by atoms with Gasteiger partial charge in [0.15, 0.2) is 5.78 Å². The van der Waals surface area contributed by atoms with E-state index in [1.807, 2.05) is 6.07 Å². The summed E-state index contributed by atoms with van der Waals surface area (Å²) in [6.07, 6.45) is 0. The summed E-state index contributed by atoms with van der Waals surface area (Å²) in [5.41, 5.74) is 5.42. The van der Waals surface area contributed by atoms with Gasteiger partial charge in [0.1, 0.15) is 0 Å². The molecule has 2 N–H and O–H groups in total. The van der Waals surface area contributed by atoms with Crippen LogP contribution in [-0.4, -0.2) is 11.8 Å². The lowest BCUT2D eigenvalue weighted by Crippen LogP contribution is -2.25. The van der Waals surface area contributed by atoms with Gasteiger partial charge in [-0.15, -0.1) is 11.3 Å². The average Bonchev–Trinajstić information content (AvgIpc) is 2.34. The second kappa shape index (κ2) is 3.47. The Bertz CT molecular complexity index is 269. The summed E-state index contributed by atoms with van der Waals surface area (Å²) in [5, 5.41) is 0. The summed E-state index contributed by atoms with van der Waals surface area (Å²) in [4.78, 5) is 11.9. The van der Waals surface area contributed by atoms with Crippen molar-refractivity contribution in [2.45, 2.75) is 13.0 Å². The van der Waals surface area contributed by atoms with E-state index < -0.39 is 6.04 Å². The minimum atomic E-state index is -0.402. The average molecular weight is 234 g/mol. The quantitative estimate of drug-likeness (QED) is 0.795. The van der Waals surface area contributed by atoms with Crippen molar-refractivity contribution < 1.29 is 4.79 Å². The molecule has 1 unspecified atom stereocenters. The van der Waals surface area contributed by atoms with Crippen LogP contribution < -0.4 is 5.73 Å². The summed E-state index contributed by atoms with van der Waals surface area (Å²) in [7, 11) is 0. The Hall–Kier alpha value is -0.190. The second-order valence-corrected chi connectivity index (χ2v) is 4.72. The van der Waals surface area contributed by atoms with Crippen LogP contribution >= 0.6 is 27.3 Å². The van der Waals surface area contributed by atoms with Gasteiger partial charge in [-0.2, -0.15) is 0 Å². The molecule has 1 rings (SSSR count). The standard InChI is InChI=1S/C7H8BrNOS/c1-4(9)7(10)5-2-3-6(8)11-5/h2-4H,9H2,1H3. The maximum Gasteiger partial charge on any atom is 0.189 e. The summed E-state index contributed by atoms with van der Waals surface area (Å²) in [5.74, 6) is 0.000648. The number of halogens is 1. The van der Waals surface area contributed by atoms with E-state index in [9.17, 15) is 4.79 Å². The van der Waals surface area contributed by atoms with Crippen LogP contribution in [0.5, 0.6) is 0 Å². The highest BCUT2D eigenvalue weighted by Gasteiger charge is 2.12. The van der Waals surface area contributed by atoms with Gasteiger partial charge in [-0.25, -0.2) is 0 Å². The molecule has 11 heavy (non-hydrogen) atoms. The zero-order chi connectivity index (χ0) is 8.43. The first-order valence-electron chi connectivity index (χ1n) is 3.16. The van der Waals surface area contributed by atoms with Gasteiger partial charge in [0.2, 0.25) is 0 Å². The molecule has 1 aromatic heterocycles. The summed E-state index contributed by atoms with van der Waals surface area (Å²) in [6, 6.07) is 3.22. The molecular weight excluding hydrogens is 226 g/mol. The summed E-state index contributed by atoms with van der Waals surface area (Å²) in [6.45, 7) is 1.69. The summed E-state index contributed by atoms with van der Waals surface area (Å²) < 4.78 is 0.960. The third kappa shape index (κ3) is 2.12. The molecular formula is C7H8BrNOS. The van der Waals surface area contributed by atoms with Gasteiger partial charge < -0.3 is 5.73 Å². The van der Waals surface area contributed by atoms with Crippen molar-refractivity contribution in [1.29, 1.82) is 0 Å². The zero-order valence-corrected chi connectivity index (χ0v) is 8.41. The third-order valence-electron chi connectivity index (χ3n) is 1.23. The Morgan fingerprint density at radius 2 is 2.36 bits per heavy atom. The van der Waals surface area contributed by atoms with E-state index in [4.69, 9.17) is 5.73 Å². The number of hydrogen-bond acceptors (Lipinski definition) is 3. The molecule has 0 aliphatic heterocycles. The lowest BCUT2D eigenvalue weighted by molar-refractivity contribution is 0.0972. The molecule has 0 aromatic carbocycles. The first kappa shape index (κ1) is 8.90. The van der Waals surface area contributed by atoms with Crippen molar-refractivity contribution in [2.24, 2.45) is 5.73 Å². The molecule has 1 aromatic rings. The molecule has 1 atom stereocenters. The van der Waals surface area contributed by atoms with Gasteiger partial charge in [-0.05, 0) is 35.0 Å². The van der Waals surface area contributed by atoms with Crippen LogP contribution in [0, 0.1) is 0 Å². The molecule has 4 heteroatoms. The molecule has 0 saturated carbocycles. The van der Waals surface area contributed by atoms with Crippen LogP contribution in [0.3, 0.4) is 0 Å². The minimum Gasteiger partial charge on any atom is -0.321 e. The van der Waals surface area contributed by atoms with Crippen LogP contribution in [0.25, 0.3) is 0 Å². The van der Waals surface area contributed by atoms with Crippen molar-refractivity contribution in [3.8, 4) is 0 Å². The highest BCUT2D eigenvalue weighted by molar-refractivity contribution is 9.11. The number of nitrogens with two attached hydrogens (primary N) is 1. The smallest absolute Gasteiger partial charge is 0.189 e. The lowest BCUT2D eigenvalue weighted by Gasteiger charge is -1.98. The van der Waals surface area contributed by atoms with Gasteiger partial charge in [-0.1, -0.05) is 0 Å². The monoisotopic (exact) mass is 233 g/mol. The molecule has 0 aliphatic carbocycles. The van der Waals surface area contributed by atoms with Crippen molar-refractivity contribution in [3.63, 3.8) is 0 Å². The van der Waals surface area contributed by atoms with Crippen molar-refractivity contribution >= 4 is 33.0 Å². The summed E-state index contributed by atoms with van der Waals surface area (Å²) >= 11 is 4.69. The van der Waals surface area contributed by atoms with Gasteiger partial charge >= 0.3 is 0 Å². The largest absolute Gasteiger partial charge is 0.321 e. The zero-order valence-electron chi connectivity index (χ0n) is 6.00. The fraction of sp³-hybridized carbons (Fsp3) is 0.286. The highest BCUT2D eigenvalue weighted by atomic mass is 79.9. The SMILES string of the molecule is CC(N)C(=O)c1ccc(Br)s1. The predicted molar refractivity (Wildman–Crippen MR) is 50.0 cm³/mol. The Labute approximate surface area is 77.5 Å². The van der Waals surface area contributed by atoms with E-state index in [1.165, 1.54) is 11.3 Å². The van der Waals surface area contributed by atoms with Gasteiger partial charge in [0.25, 0.3) is 0 Å². The Morgan fingerprint density at radius 1 is 1.73 bits per heavy atom. The van der Waals surface area contributed by atoms with Crippen LogP contribution in [0.2, 0.25) is 0 Å². The third-order valence-corrected chi connectivity index (χ3v) is 2.87. The molecule has 0 amide bonds. The number of carbonyl (C=O) groups excluding carboxylic acids is 1. The molecule has 1 heterocycles.